The van der Waals surface area contributed by atoms with E-state index < -0.39 is 37.6 Å². The quantitative estimate of drug-likeness (QED) is 0.0669. The molecule has 1 amide bonds. The summed E-state index contributed by atoms with van der Waals surface area (Å²) >= 11 is 11.6. The molecule has 2 aromatic carbocycles. The van der Waals surface area contributed by atoms with Crippen LogP contribution in [0, 0.1) is 0 Å². The van der Waals surface area contributed by atoms with Gasteiger partial charge in [0.1, 0.15) is 0 Å². The molecule has 0 saturated heterocycles. The maximum atomic E-state index is 12.6. The molecule has 0 spiro atoms. The van der Waals surface area contributed by atoms with E-state index in [-0.39, 0.29) is 55.2 Å². The number of aromatic nitrogens is 2. The number of carboxylic acids is 1. The Balaban J connectivity index is 0.000000488. The van der Waals surface area contributed by atoms with Crippen molar-refractivity contribution in [3.05, 3.63) is 106 Å². The Morgan fingerprint density at radius 2 is 1.00 bits per heavy atom. The second-order valence-electron chi connectivity index (χ2n) is 12.6. The van der Waals surface area contributed by atoms with Crippen molar-refractivity contribution in [3.8, 4) is 0 Å². The fourth-order valence-corrected chi connectivity index (χ4v) is 6.56. The smallest absolute Gasteiger partial charge is 0.356 e. The zero-order chi connectivity index (χ0) is 38.9. The number of anilines is 2. The number of carboxylic acid groups (broad SMARTS) is 1. The summed E-state index contributed by atoms with van der Waals surface area (Å²) in [5.74, 6) is 11.0. The van der Waals surface area contributed by atoms with Crippen molar-refractivity contribution >= 4 is 66.5 Å². The van der Waals surface area contributed by atoms with Gasteiger partial charge < -0.3 is 5.11 Å². The van der Waals surface area contributed by atoms with E-state index in [4.69, 9.17) is 34.2 Å². The molecule has 19 heteroatoms. The zero-order valence-electron chi connectivity index (χ0n) is 28.5. The minimum absolute atomic E-state index is 0. The molecule has 2 aromatic heterocycles. The Morgan fingerprint density at radius 3 is 1.31 bits per heavy atom. The molecule has 52 heavy (non-hydrogen) atoms. The maximum absolute atomic E-state index is 12.6. The van der Waals surface area contributed by atoms with Crippen LogP contribution in [0.1, 0.15) is 81.1 Å². The molecule has 4 rings (SSSR count). The van der Waals surface area contributed by atoms with Crippen LogP contribution in [0.3, 0.4) is 0 Å². The summed E-state index contributed by atoms with van der Waals surface area (Å²) in [6, 6.07) is 15.4. The first-order valence-electron chi connectivity index (χ1n) is 14.7. The van der Waals surface area contributed by atoms with Crippen LogP contribution in [0.15, 0.2) is 82.8 Å². The molecule has 284 valence electrons. The fourth-order valence-electron chi connectivity index (χ4n) is 4.13. The summed E-state index contributed by atoms with van der Waals surface area (Å²) < 4.78 is 54.7. The molecule has 10 N–H and O–H groups in total. The van der Waals surface area contributed by atoms with Crippen molar-refractivity contribution in [2.75, 3.05) is 9.44 Å². The van der Waals surface area contributed by atoms with Gasteiger partial charge in [0.25, 0.3) is 26.0 Å². The highest BCUT2D eigenvalue weighted by molar-refractivity contribution is 7.93. The third kappa shape index (κ3) is 12.4. The van der Waals surface area contributed by atoms with Crippen molar-refractivity contribution in [1.29, 1.82) is 0 Å². The predicted octanol–water partition coefficient (Wildman–Crippen LogP) is 5.42. The third-order valence-corrected chi connectivity index (χ3v) is 9.98. The zero-order valence-corrected chi connectivity index (χ0v) is 31.7. The summed E-state index contributed by atoms with van der Waals surface area (Å²) in [5.41, 5.74) is 2.84. The monoisotopic (exact) mass is 798 g/mol. The molecule has 0 radical (unpaired) electrons. The molecule has 2 heterocycles. The lowest BCUT2D eigenvalue weighted by Gasteiger charge is -2.19. The van der Waals surface area contributed by atoms with Crippen molar-refractivity contribution < 1.29 is 31.5 Å². The maximum Gasteiger partial charge on any atom is 0.356 e. The predicted molar refractivity (Wildman–Crippen MR) is 204 cm³/mol. The van der Waals surface area contributed by atoms with Crippen LogP contribution in [0.5, 0.6) is 0 Å². The van der Waals surface area contributed by atoms with E-state index in [1.807, 2.05) is 47.0 Å². The number of sulfonamides is 2. The van der Waals surface area contributed by atoms with E-state index in [1.165, 1.54) is 42.6 Å². The number of nitrogens with one attached hydrogen (secondary N) is 3. The number of carbonyl (C=O) groups is 2. The number of hydrogen-bond acceptors (Lipinski definition) is 11. The lowest BCUT2D eigenvalue weighted by Crippen LogP contribution is -2.31. The lowest BCUT2D eigenvalue weighted by atomic mass is 9.87. The topological polar surface area (TPSA) is 263 Å². The third-order valence-electron chi connectivity index (χ3n) is 6.81. The van der Waals surface area contributed by atoms with Crippen molar-refractivity contribution in [2.24, 2.45) is 17.5 Å². The van der Waals surface area contributed by atoms with Crippen LogP contribution in [-0.4, -0.2) is 43.8 Å². The van der Waals surface area contributed by atoms with Gasteiger partial charge in [0.05, 0.1) is 31.2 Å². The largest absolute Gasteiger partial charge is 0.476 e. The van der Waals surface area contributed by atoms with Crippen LogP contribution >= 0.6 is 23.2 Å². The number of hydrogen-bond donors (Lipinski definition) is 7. The number of nitrogen functional groups attached to an aromatic ring is 1. The van der Waals surface area contributed by atoms with Gasteiger partial charge in [-0.05, 0) is 58.4 Å². The lowest BCUT2D eigenvalue weighted by molar-refractivity contribution is 0.0691. The van der Waals surface area contributed by atoms with Gasteiger partial charge in [0.2, 0.25) is 0 Å². The van der Waals surface area contributed by atoms with E-state index in [1.54, 1.807) is 24.3 Å². The summed E-state index contributed by atoms with van der Waals surface area (Å²) in [4.78, 5) is 30.5. The van der Waals surface area contributed by atoms with Gasteiger partial charge in [0.15, 0.2) is 11.4 Å². The molecular weight excluding hydrogens is 755 g/mol. The number of amides is 1. The van der Waals surface area contributed by atoms with Crippen molar-refractivity contribution in [1.82, 2.24) is 15.4 Å². The van der Waals surface area contributed by atoms with E-state index in [2.05, 4.69) is 31.1 Å². The summed E-state index contributed by atoms with van der Waals surface area (Å²) in [6.45, 7) is 12.2. The number of aromatic carboxylic acids is 1. The van der Waals surface area contributed by atoms with E-state index in [0.29, 0.717) is 0 Å². The van der Waals surface area contributed by atoms with E-state index >= 15 is 0 Å². The highest BCUT2D eigenvalue weighted by Gasteiger charge is 2.23. The Labute approximate surface area is 314 Å². The Hall–Kier alpha value is -4.36. The molecule has 0 atom stereocenters. The van der Waals surface area contributed by atoms with Crippen LogP contribution in [0.25, 0.3) is 0 Å². The number of nitrogens with zero attached hydrogens (tertiary/aromatic N) is 2. The molecule has 15 nitrogen and oxygen atoms in total. The molecule has 0 aliphatic rings. The first-order chi connectivity index (χ1) is 23.5. The van der Waals surface area contributed by atoms with Crippen molar-refractivity contribution in [3.63, 3.8) is 0 Å². The van der Waals surface area contributed by atoms with Crippen molar-refractivity contribution in [2.45, 2.75) is 69.6 Å². The van der Waals surface area contributed by atoms with Gasteiger partial charge in [-0.25, -0.2) is 37.4 Å². The molecular formula is C33H44Cl2N8O7S2. The molecule has 0 aliphatic carbocycles. The highest BCUT2D eigenvalue weighted by atomic mass is 35.5. The molecule has 0 unspecified atom stereocenters. The molecule has 0 aliphatic heterocycles. The first kappa shape index (κ1) is 45.7. The van der Waals surface area contributed by atoms with Crippen LogP contribution in [0.4, 0.5) is 11.4 Å². The second kappa shape index (κ2) is 18.4. The van der Waals surface area contributed by atoms with Gasteiger partial charge in [-0.3, -0.25) is 31.3 Å². The standard InChI is InChI=1S/C16H19ClN4O3S.C16H17ClN2O4S.CH4.H4N2/c1-16(2,3)10-4-6-12(7-5-10)25(23,24)21-13-8-11(17)9-19-14(13)15(22)20-18;1-16(2,3)10-4-6-12(7-5-10)24(22,23)19-13-8-11(17)9-18-14(13)15(20)21;;1-2/h4-9,21H,18H2,1-3H3,(H,20,22);4-9,19H,1-3H3,(H,20,21);1H4;1-2H2. The van der Waals surface area contributed by atoms with Gasteiger partial charge in [-0.1, -0.05) is 96.4 Å². The van der Waals surface area contributed by atoms with E-state index in [9.17, 15) is 26.4 Å². The van der Waals surface area contributed by atoms with Gasteiger partial charge >= 0.3 is 5.97 Å². The number of hydrazine groups is 2. The molecule has 4 aromatic rings. The van der Waals surface area contributed by atoms with Crippen LogP contribution in [-0.2, 0) is 30.9 Å². The summed E-state index contributed by atoms with van der Waals surface area (Å²) in [7, 11) is -7.89. The first-order valence-corrected chi connectivity index (χ1v) is 18.4. The molecule has 0 fully saturated rings. The van der Waals surface area contributed by atoms with Gasteiger partial charge in [-0.15, -0.1) is 0 Å². The number of halogens is 2. The number of pyridine rings is 2. The van der Waals surface area contributed by atoms with E-state index in [0.717, 1.165) is 17.3 Å². The number of rotatable bonds is 8. The number of nitrogens with two attached hydrogens (primary N) is 3. The number of carbonyl (C=O) groups excluding carboxylic acids is 1. The normalized spacial score (nSPS) is 11.4. The van der Waals surface area contributed by atoms with Crippen LogP contribution < -0.4 is 32.4 Å². The van der Waals surface area contributed by atoms with Gasteiger partial charge in [0, 0.05) is 12.4 Å². The Kier molecular flexibility index (Phi) is 16.2. The summed E-state index contributed by atoms with van der Waals surface area (Å²) in [5, 5.41) is 9.41. The Bertz CT molecular complexity index is 2070. The van der Waals surface area contributed by atoms with Gasteiger partial charge in [-0.2, -0.15) is 0 Å². The average molecular weight is 800 g/mol. The number of benzene rings is 2. The average Bonchev–Trinajstić information content (AvgIpc) is 3.04. The minimum atomic E-state index is -3.96. The molecule has 0 saturated carbocycles. The second-order valence-corrected chi connectivity index (χ2v) is 16.9. The minimum Gasteiger partial charge on any atom is -0.476 e. The Morgan fingerprint density at radius 1 is 0.673 bits per heavy atom. The SMILES string of the molecule is C.CC(C)(C)c1ccc(S(=O)(=O)Nc2cc(Cl)cnc2C(=O)NN)cc1.CC(C)(C)c1ccc(S(=O)(=O)Nc2cc(Cl)cnc2C(=O)O)cc1.NN. The molecule has 0 bridgehead atoms. The highest BCUT2D eigenvalue weighted by Crippen LogP contribution is 2.27. The summed E-state index contributed by atoms with van der Waals surface area (Å²) in [6.07, 6.45) is 2.36. The fraction of sp³-hybridized carbons (Fsp3) is 0.273. The van der Waals surface area contributed by atoms with Crippen LogP contribution in [0.2, 0.25) is 10.0 Å².